The molecule has 0 aliphatic carbocycles. The van der Waals surface area contributed by atoms with Crippen LogP contribution in [-0.2, 0) is 0 Å². The van der Waals surface area contributed by atoms with Gasteiger partial charge in [-0.25, -0.2) is 15.0 Å². The van der Waals surface area contributed by atoms with Crippen LogP contribution in [0.3, 0.4) is 0 Å². The third-order valence-electron chi connectivity index (χ3n) is 8.83. The number of pyridine rings is 3. The molecule has 5 aromatic carbocycles. The van der Waals surface area contributed by atoms with Gasteiger partial charge in [-0.1, -0.05) is 140 Å². The van der Waals surface area contributed by atoms with E-state index in [1.165, 1.54) is 0 Å². The Morgan fingerprint density at radius 2 is 0.872 bits per heavy atom. The summed E-state index contributed by atoms with van der Waals surface area (Å²) in [5, 5.41) is 2.21. The van der Waals surface area contributed by atoms with Crippen LogP contribution in [0.25, 0.3) is 83.6 Å². The van der Waals surface area contributed by atoms with Crippen molar-refractivity contribution < 1.29 is 0 Å². The van der Waals surface area contributed by atoms with Gasteiger partial charge in [0.2, 0.25) is 0 Å². The SMILES string of the molecule is c1ccc(-c2cc(-c3ccc(-c4ccc(-c5nc6c(nc7ccccn76)c6ccccc56)cc4)cc3)cc(-c3ccccc3)n2)cc1. The van der Waals surface area contributed by atoms with Crippen molar-refractivity contribution in [3.05, 3.63) is 170 Å². The van der Waals surface area contributed by atoms with E-state index in [9.17, 15) is 0 Å². The maximum atomic E-state index is 5.16. The molecule has 0 amide bonds. The van der Waals surface area contributed by atoms with Crippen LogP contribution in [0.2, 0.25) is 0 Å². The molecule has 0 aliphatic rings. The van der Waals surface area contributed by atoms with Gasteiger partial charge in [-0.05, 0) is 46.5 Å². The number of rotatable bonds is 5. The summed E-state index contributed by atoms with van der Waals surface area (Å²) >= 11 is 0. The van der Waals surface area contributed by atoms with Crippen LogP contribution in [0.5, 0.6) is 0 Å². The lowest BCUT2D eigenvalue weighted by atomic mass is 9.96. The van der Waals surface area contributed by atoms with Crippen molar-refractivity contribution in [1.29, 1.82) is 0 Å². The van der Waals surface area contributed by atoms with Gasteiger partial charge in [-0.2, -0.15) is 0 Å². The van der Waals surface area contributed by atoms with E-state index in [0.29, 0.717) is 0 Å². The molecule has 9 rings (SSSR count). The number of aromatic nitrogens is 4. The second kappa shape index (κ2) is 11.2. The lowest BCUT2D eigenvalue weighted by Gasteiger charge is -2.11. The van der Waals surface area contributed by atoms with Crippen LogP contribution in [0.1, 0.15) is 0 Å². The first-order chi connectivity index (χ1) is 23.3. The van der Waals surface area contributed by atoms with E-state index in [4.69, 9.17) is 15.0 Å². The first-order valence-corrected chi connectivity index (χ1v) is 15.8. The summed E-state index contributed by atoms with van der Waals surface area (Å²) in [7, 11) is 0. The second-order valence-electron chi connectivity index (χ2n) is 11.7. The third kappa shape index (κ3) is 4.84. The van der Waals surface area contributed by atoms with E-state index in [-0.39, 0.29) is 0 Å². The van der Waals surface area contributed by atoms with E-state index in [1.54, 1.807) is 0 Å². The Hall–Kier alpha value is -6.39. The van der Waals surface area contributed by atoms with Crippen LogP contribution in [0.4, 0.5) is 0 Å². The van der Waals surface area contributed by atoms with Crippen LogP contribution in [0, 0.1) is 0 Å². The van der Waals surface area contributed by atoms with Crippen molar-refractivity contribution in [2.75, 3.05) is 0 Å². The summed E-state index contributed by atoms with van der Waals surface area (Å²) < 4.78 is 2.07. The summed E-state index contributed by atoms with van der Waals surface area (Å²) in [4.78, 5) is 15.1. The fraction of sp³-hybridized carbons (Fsp3) is 0. The smallest absolute Gasteiger partial charge is 0.165 e. The Morgan fingerprint density at radius 1 is 0.362 bits per heavy atom. The van der Waals surface area contributed by atoms with Gasteiger partial charge in [0.1, 0.15) is 11.2 Å². The molecule has 0 saturated heterocycles. The molecule has 0 radical (unpaired) electrons. The van der Waals surface area contributed by atoms with Crippen LogP contribution < -0.4 is 0 Å². The number of benzene rings is 5. The molecule has 0 unspecified atom stereocenters. The van der Waals surface area contributed by atoms with Crippen molar-refractivity contribution in [2.45, 2.75) is 0 Å². The molecule has 0 aliphatic heterocycles. The molecule has 4 heterocycles. The van der Waals surface area contributed by atoms with Gasteiger partial charge >= 0.3 is 0 Å². The molecule has 9 aromatic rings. The van der Waals surface area contributed by atoms with Crippen LogP contribution in [0.15, 0.2) is 170 Å². The van der Waals surface area contributed by atoms with Crippen molar-refractivity contribution in [3.8, 4) is 56.0 Å². The maximum absolute atomic E-state index is 5.16. The monoisotopic (exact) mass is 600 g/mol. The number of fused-ring (bicyclic) bond motifs is 5. The number of imidazole rings is 1. The standard InChI is InChI=1S/C43H28N4/c1-3-11-32(12-4-1)38-27-35(28-39(44-38)33-13-5-2-6-14-33)31-20-18-29(19-21-31)30-22-24-34(25-23-30)41-36-15-7-8-16-37(36)42-43(46-41)47-26-10-9-17-40(47)45-42/h1-28H. The van der Waals surface area contributed by atoms with Crippen LogP contribution >= 0.6 is 0 Å². The molecule has 0 bridgehead atoms. The maximum Gasteiger partial charge on any atom is 0.165 e. The zero-order chi connectivity index (χ0) is 31.2. The molecule has 0 atom stereocenters. The highest BCUT2D eigenvalue weighted by Crippen LogP contribution is 2.35. The van der Waals surface area contributed by atoms with E-state index in [0.717, 1.165) is 83.6 Å². The molecular formula is C43H28N4. The average Bonchev–Trinajstić information content (AvgIpc) is 3.54. The normalized spacial score (nSPS) is 11.4. The van der Waals surface area contributed by atoms with Crippen molar-refractivity contribution in [2.24, 2.45) is 0 Å². The van der Waals surface area contributed by atoms with E-state index in [2.05, 4.69) is 138 Å². The highest BCUT2D eigenvalue weighted by atomic mass is 15.1. The molecule has 220 valence electrons. The molecule has 4 nitrogen and oxygen atoms in total. The molecule has 4 heteroatoms. The van der Waals surface area contributed by atoms with Gasteiger partial charge in [-0.15, -0.1) is 0 Å². The van der Waals surface area contributed by atoms with Gasteiger partial charge in [0.25, 0.3) is 0 Å². The number of hydrogen-bond donors (Lipinski definition) is 0. The summed E-state index contributed by atoms with van der Waals surface area (Å²) in [6.45, 7) is 0. The van der Waals surface area contributed by atoms with Crippen molar-refractivity contribution >= 4 is 27.6 Å². The van der Waals surface area contributed by atoms with Crippen molar-refractivity contribution in [1.82, 2.24) is 19.4 Å². The van der Waals surface area contributed by atoms with Gasteiger partial charge < -0.3 is 0 Å². The fourth-order valence-electron chi connectivity index (χ4n) is 6.44. The Bertz CT molecular complexity index is 2480. The van der Waals surface area contributed by atoms with Crippen LogP contribution in [-0.4, -0.2) is 19.4 Å². The van der Waals surface area contributed by atoms with E-state index in [1.807, 2.05) is 36.5 Å². The minimum absolute atomic E-state index is 0.871. The first-order valence-electron chi connectivity index (χ1n) is 15.8. The zero-order valence-electron chi connectivity index (χ0n) is 25.5. The summed E-state index contributed by atoms with van der Waals surface area (Å²) in [6, 6.07) is 57.1. The molecular weight excluding hydrogens is 573 g/mol. The minimum Gasteiger partial charge on any atom is -0.284 e. The zero-order valence-corrected chi connectivity index (χ0v) is 25.5. The molecule has 4 aromatic heterocycles. The summed E-state index contributed by atoms with van der Waals surface area (Å²) in [5.41, 5.74) is 13.5. The topological polar surface area (TPSA) is 43.1 Å². The average molecular weight is 601 g/mol. The highest BCUT2D eigenvalue weighted by Gasteiger charge is 2.15. The Balaban J connectivity index is 1.07. The first kappa shape index (κ1) is 27.0. The summed E-state index contributed by atoms with van der Waals surface area (Å²) in [5.74, 6) is 0. The third-order valence-corrected chi connectivity index (χ3v) is 8.83. The predicted octanol–water partition coefficient (Wildman–Crippen LogP) is 10.8. The molecule has 0 saturated carbocycles. The predicted molar refractivity (Wildman–Crippen MR) is 193 cm³/mol. The highest BCUT2D eigenvalue weighted by molar-refractivity contribution is 6.09. The van der Waals surface area contributed by atoms with E-state index >= 15 is 0 Å². The molecule has 0 N–H and O–H groups in total. The van der Waals surface area contributed by atoms with Crippen molar-refractivity contribution in [3.63, 3.8) is 0 Å². The lowest BCUT2D eigenvalue weighted by molar-refractivity contribution is 1.19. The van der Waals surface area contributed by atoms with E-state index < -0.39 is 0 Å². The fourth-order valence-corrected chi connectivity index (χ4v) is 6.44. The Kier molecular flexibility index (Phi) is 6.43. The summed E-state index contributed by atoms with van der Waals surface area (Å²) in [6.07, 6.45) is 2.03. The number of hydrogen-bond acceptors (Lipinski definition) is 3. The second-order valence-corrected chi connectivity index (χ2v) is 11.7. The lowest BCUT2D eigenvalue weighted by Crippen LogP contribution is -1.92. The molecule has 0 fully saturated rings. The largest absolute Gasteiger partial charge is 0.284 e. The quantitative estimate of drug-likeness (QED) is 0.197. The minimum atomic E-state index is 0.871. The molecule has 47 heavy (non-hydrogen) atoms. The van der Waals surface area contributed by atoms with Gasteiger partial charge in [0, 0.05) is 33.7 Å². The Morgan fingerprint density at radius 3 is 1.49 bits per heavy atom. The van der Waals surface area contributed by atoms with Gasteiger partial charge in [0.05, 0.1) is 17.1 Å². The number of nitrogens with zero attached hydrogens (tertiary/aromatic N) is 4. The van der Waals surface area contributed by atoms with Gasteiger partial charge in [-0.3, -0.25) is 4.40 Å². The molecule has 0 spiro atoms. The van der Waals surface area contributed by atoms with Gasteiger partial charge in [0.15, 0.2) is 5.65 Å². The Labute approximate surface area is 272 Å².